The van der Waals surface area contributed by atoms with Crippen LogP contribution < -0.4 is 0 Å². The molecule has 0 aliphatic carbocycles. The molecule has 0 aromatic heterocycles. The lowest BCUT2D eigenvalue weighted by Crippen LogP contribution is -2.32. The Labute approximate surface area is 96.6 Å². The Morgan fingerprint density at radius 1 is 1.33 bits per heavy atom. The van der Waals surface area contributed by atoms with E-state index in [0.717, 1.165) is 5.56 Å². The molecule has 0 amide bonds. The Morgan fingerprint density at radius 2 is 2.07 bits per heavy atom. The molecule has 1 unspecified atom stereocenters. The monoisotopic (exact) mass is 285 g/mol. The van der Waals surface area contributed by atoms with Crippen LogP contribution in [0, 0.1) is 0 Å². The van der Waals surface area contributed by atoms with E-state index in [1.165, 1.54) is 4.31 Å². The highest BCUT2D eigenvalue weighted by Gasteiger charge is 2.40. The molecule has 2 bridgehead atoms. The summed E-state index contributed by atoms with van der Waals surface area (Å²) < 4.78 is 26.3. The van der Waals surface area contributed by atoms with E-state index < -0.39 is 10.0 Å². The fourth-order valence-electron chi connectivity index (χ4n) is 2.11. The van der Waals surface area contributed by atoms with Crippen molar-refractivity contribution < 1.29 is 8.42 Å². The van der Waals surface area contributed by atoms with Gasteiger partial charge in [-0.05, 0) is 33.6 Å². The van der Waals surface area contributed by atoms with Gasteiger partial charge in [-0.15, -0.1) is 0 Å². The predicted octanol–water partition coefficient (Wildman–Crippen LogP) is 2.02. The highest BCUT2D eigenvalue weighted by Crippen LogP contribution is 2.43. The first-order valence-corrected chi connectivity index (χ1v) is 6.83. The van der Waals surface area contributed by atoms with E-state index in [0.29, 0.717) is 16.0 Å². The van der Waals surface area contributed by atoms with E-state index >= 15 is 0 Å². The van der Waals surface area contributed by atoms with Crippen LogP contribution in [-0.4, -0.2) is 19.3 Å². The number of hydrogen-bond acceptors (Lipinski definition) is 2. The minimum absolute atomic E-state index is 0.194. The SMILES string of the molecule is O=S1(=O)c2ccccc2C2C=C(Br)N1C2. The van der Waals surface area contributed by atoms with Crippen LogP contribution in [0.1, 0.15) is 11.5 Å². The molecule has 1 aromatic rings. The van der Waals surface area contributed by atoms with Crippen molar-refractivity contribution in [3.63, 3.8) is 0 Å². The van der Waals surface area contributed by atoms with Crippen LogP contribution in [-0.2, 0) is 10.0 Å². The van der Waals surface area contributed by atoms with Crippen LogP contribution in [0.25, 0.3) is 0 Å². The minimum atomic E-state index is -3.32. The molecule has 78 valence electrons. The van der Waals surface area contributed by atoms with Gasteiger partial charge in [-0.2, -0.15) is 0 Å². The Bertz CT molecular complexity index is 565. The summed E-state index contributed by atoms with van der Waals surface area (Å²) in [4.78, 5) is 0.437. The van der Waals surface area contributed by atoms with Gasteiger partial charge >= 0.3 is 0 Å². The van der Waals surface area contributed by atoms with E-state index in [2.05, 4.69) is 15.9 Å². The Kier molecular flexibility index (Phi) is 1.79. The van der Waals surface area contributed by atoms with Crippen molar-refractivity contribution in [1.29, 1.82) is 0 Å². The van der Waals surface area contributed by atoms with Crippen molar-refractivity contribution in [1.82, 2.24) is 4.31 Å². The molecule has 0 radical (unpaired) electrons. The molecule has 0 saturated carbocycles. The topological polar surface area (TPSA) is 37.4 Å². The van der Waals surface area contributed by atoms with Crippen LogP contribution in [0.4, 0.5) is 0 Å². The molecule has 3 rings (SSSR count). The predicted molar refractivity (Wildman–Crippen MR) is 60.1 cm³/mol. The summed E-state index contributed by atoms with van der Waals surface area (Å²) in [5, 5.41) is 0. The molecule has 1 atom stereocenters. The van der Waals surface area contributed by atoms with Crippen LogP contribution in [0.2, 0.25) is 0 Å². The lowest BCUT2D eigenvalue weighted by atomic mass is 10.0. The van der Waals surface area contributed by atoms with Gasteiger partial charge in [-0.1, -0.05) is 18.2 Å². The third kappa shape index (κ3) is 1.13. The van der Waals surface area contributed by atoms with Crippen LogP contribution in [0.3, 0.4) is 0 Å². The molecule has 0 N–H and O–H groups in total. The normalized spacial score (nSPS) is 26.1. The maximum Gasteiger partial charge on any atom is 0.265 e. The molecule has 1 aromatic carbocycles. The van der Waals surface area contributed by atoms with E-state index in [1.54, 1.807) is 12.1 Å². The molecule has 15 heavy (non-hydrogen) atoms. The van der Waals surface area contributed by atoms with Crippen molar-refractivity contribution in [3.8, 4) is 0 Å². The number of benzene rings is 1. The quantitative estimate of drug-likeness (QED) is 0.684. The van der Waals surface area contributed by atoms with Crippen LogP contribution >= 0.6 is 15.9 Å². The number of rotatable bonds is 0. The summed E-state index contributed by atoms with van der Waals surface area (Å²) >= 11 is 3.29. The Hall–Kier alpha value is -0.810. The van der Waals surface area contributed by atoms with Gasteiger partial charge in [0, 0.05) is 12.5 Å². The molecule has 2 heterocycles. The van der Waals surface area contributed by atoms with Crippen LogP contribution in [0.5, 0.6) is 0 Å². The van der Waals surface area contributed by atoms with Crippen molar-refractivity contribution in [3.05, 3.63) is 40.5 Å². The maximum atomic E-state index is 12.1. The number of nitrogens with zero attached hydrogens (tertiary/aromatic N) is 1. The summed E-state index contributed by atoms with van der Waals surface area (Å²) in [7, 11) is -3.32. The number of sulfonamides is 1. The van der Waals surface area contributed by atoms with E-state index in [4.69, 9.17) is 0 Å². The summed E-state index contributed by atoms with van der Waals surface area (Å²) in [5.74, 6) is 0.194. The molecule has 0 fully saturated rings. The lowest BCUT2D eigenvalue weighted by molar-refractivity contribution is 0.487. The van der Waals surface area contributed by atoms with Gasteiger partial charge in [-0.3, -0.25) is 4.31 Å². The van der Waals surface area contributed by atoms with E-state index in [-0.39, 0.29) is 5.92 Å². The van der Waals surface area contributed by atoms with Gasteiger partial charge in [-0.25, -0.2) is 8.42 Å². The van der Waals surface area contributed by atoms with Gasteiger partial charge in [0.25, 0.3) is 10.0 Å². The molecule has 5 heteroatoms. The largest absolute Gasteiger partial charge is 0.265 e. The standard InChI is InChI=1S/C10H8BrNO2S/c11-10-5-7-6-12(10)15(13,14)9-4-2-1-3-8(7)9/h1-5,7H,6H2. The summed E-state index contributed by atoms with van der Waals surface area (Å²) in [6.07, 6.45) is 1.95. The van der Waals surface area contributed by atoms with E-state index in [9.17, 15) is 8.42 Å². The highest BCUT2D eigenvalue weighted by molar-refractivity contribution is 9.11. The second kappa shape index (κ2) is 2.86. The molecule has 0 saturated heterocycles. The molecule has 3 nitrogen and oxygen atoms in total. The third-order valence-corrected chi connectivity index (χ3v) is 5.61. The smallest absolute Gasteiger partial charge is 0.259 e. The summed E-state index contributed by atoms with van der Waals surface area (Å²) in [6.45, 7) is 0.528. The van der Waals surface area contributed by atoms with Gasteiger partial charge < -0.3 is 0 Å². The molecule has 2 aliphatic heterocycles. The highest BCUT2D eigenvalue weighted by atomic mass is 79.9. The fraction of sp³-hybridized carbons (Fsp3) is 0.200. The van der Waals surface area contributed by atoms with Crippen LogP contribution in [0.15, 0.2) is 39.8 Å². The van der Waals surface area contributed by atoms with Crippen molar-refractivity contribution >= 4 is 26.0 Å². The van der Waals surface area contributed by atoms with Crippen molar-refractivity contribution in [2.45, 2.75) is 10.8 Å². The zero-order chi connectivity index (χ0) is 10.6. The van der Waals surface area contributed by atoms with Crippen molar-refractivity contribution in [2.75, 3.05) is 6.54 Å². The van der Waals surface area contributed by atoms with Gasteiger partial charge in [0.1, 0.15) is 0 Å². The van der Waals surface area contributed by atoms with Gasteiger partial charge in [0.15, 0.2) is 0 Å². The molecule has 2 aliphatic rings. The number of fused-ring (bicyclic) bond motifs is 4. The molecular weight excluding hydrogens is 278 g/mol. The third-order valence-electron chi connectivity index (χ3n) is 2.83. The first kappa shape index (κ1) is 9.42. The molecular formula is C10H8BrNO2S. The summed E-state index contributed by atoms with van der Waals surface area (Å²) in [6, 6.07) is 7.19. The number of halogens is 1. The van der Waals surface area contributed by atoms with Crippen molar-refractivity contribution in [2.24, 2.45) is 0 Å². The average Bonchev–Trinajstić information content (AvgIpc) is 2.57. The van der Waals surface area contributed by atoms with Gasteiger partial charge in [0.05, 0.1) is 9.50 Å². The summed E-state index contributed by atoms with van der Waals surface area (Å²) in [5.41, 5.74) is 0.906. The lowest BCUT2D eigenvalue weighted by Gasteiger charge is -2.27. The first-order valence-electron chi connectivity index (χ1n) is 4.60. The van der Waals surface area contributed by atoms with Gasteiger partial charge in [0.2, 0.25) is 0 Å². The second-order valence-electron chi connectivity index (χ2n) is 3.67. The Balaban J connectivity index is 2.36. The minimum Gasteiger partial charge on any atom is -0.259 e. The Morgan fingerprint density at radius 3 is 2.87 bits per heavy atom. The zero-order valence-electron chi connectivity index (χ0n) is 7.72. The van der Waals surface area contributed by atoms with E-state index in [1.807, 2.05) is 18.2 Å². The second-order valence-corrected chi connectivity index (χ2v) is 6.31. The maximum absolute atomic E-state index is 12.1. The zero-order valence-corrected chi connectivity index (χ0v) is 10.1. The average molecular weight is 286 g/mol. The number of hydrogen-bond donors (Lipinski definition) is 0. The fourth-order valence-corrected chi connectivity index (χ4v) is 4.80. The molecule has 0 spiro atoms. The first-order chi connectivity index (χ1) is 7.10.